The highest BCUT2D eigenvalue weighted by molar-refractivity contribution is 5.46. The molecule has 0 aromatic carbocycles. The lowest BCUT2D eigenvalue weighted by Gasteiger charge is -2.22. The number of hydrogen-bond acceptors (Lipinski definition) is 3. The standard InChI is InChI=1S/C12H16F3N3/c13-12(14,15)9-4-2-6-17-11(9)18-10-5-1-3-8(10)7-16/h2,4,6,8,10H,1,3,5,7,16H2,(H,17,18). The van der Waals surface area contributed by atoms with Crippen molar-refractivity contribution in [1.29, 1.82) is 0 Å². The average molecular weight is 259 g/mol. The van der Waals surface area contributed by atoms with Crippen LogP contribution in [0.4, 0.5) is 19.0 Å². The van der Waals surface area contributed by atoms with Crippen LogP contribution in [0.1, 0.15) is 24.8 Å². The highest BCUT2D eigenvalue weighted by Gasteiger charge is 2.35. The van der Waals surface area contributed by atoms with Crippen molar-refractivity contribution in [3.05, 3.63) is 23.9 Å². The fraction of sp³-hybridized carbons (Fsp3) is 0.583. The van der Waals surface area contributed by atoms with Gasteiger partial charge in [-0.3, -0.25) is 0 Å². The summed E-state index contributed by atoms with van der Waals surface area (Å²) < 4.78 is 38.4. The zero-order valence-electron chi connectivity index (χ0n) is 9.87. The highest BCUT2D eigenvalue weighted by atomic mass is 19.4. The van der Waals surface area contributed by atoms with E-state index in [1.807, 2.05) is 0 Å². The second-order valence-electron chi connectivity index (χ2n) is 4.57. The average Bonchev–Trinajstić information content (AvgIpc) is 2.75. The van der Waals surface area contributed by atoms with Gasteiger partial charge in [-0.1, -0.05) is 6.42 Å². The van der Waals surface area contributed by atoms with E-state index in [2.05, 4.69) is 10.3 Å². The SMILES string of the molecule is NCC1CCCC1Nc1ncccc1C(F)(F)F. The van der Waals surface area contributed by atoms with Crippen molar-refractivity contribution < 1.29 is 13.2 Å². The first kappa shape index (κ1) is 13.1. The Labute approximate surface area is 104 Å². The Morgan fingerprint density at radius 1 is 1.39 bits per heavy atom. The van der Waals surface area contributed by atoms with Crippen LogP contribution in [0.5, 0.6) is 0 Å². The van der Waals surface area contributed by atoms with Gasteiger partial charge < -0.3 is 11.1 Å². The minimum absolute atomic E-state index is 0.00833. The lowest BCUT2D eigenvalue weighted by Crippen LogP contribution is -2.30. The van der Waals surface area contributed by atoms with E-state index in [-0.39, 0.29) is 17.8 Å². The summed E-state index contributed by atoms with van der Waals surface area (Å²) in [6.45, 7) is 0.492. The molecule has 1 fully saturated rings. The number of anilines is 1. The first-order chi connectivity index (χ1) is 8.52. The van der Waals surface area contributed by atoms with E-state index >= 15 is 0 Å². The molecule has 2 rings (SSSR count). The van der Waals surface area contributed by atoms with Gasteiger partial charge in [0.2, 0.25) is 0 Å². The Bertz CT molecular complexity index is 406. The van der Waals surface area contributed by atoms with Crippen LogP contribution in [0, 0.1) is 5.92 Å². The van der Waals surface area contributed by atoms with E-state index < -0.39 is 11.7 Å². The van der Waals surface area contributed by atoms with Crippen LogP contribution in [0.3, 0.4) is 0 Å². The first-order valence-electron chi connectivity index (χ1n) is 6.01. The van der Waals surface area contributed by atoms with E-state index in [1.54, 1.807) is 0 Å². The number of nitrogens with one attached hydrogen (secondary N) is 1. The molecule has 1 aliphatic rings. The molecule has 0 aliphatic heterocycles. The number of nitrogens with two attached hydrogens (primary N) is 1. The van der Waals surface area contributed by atoms with Crippen LogP contribution in [-0.4, -0.2) is 17.6 Å². The maximum atomic E-state index is 12.8. The molecule has 0 bridgehead atoms. The van der Waals surface area contributed by atoms with Gasteiger partial charge in [0.25, 0.3) is 0 Å². The number of halogens is 3. The number of aromatic nitrogens is 1. The van der Waals surface area contributed by atoms with E-state index in [0.29, 0.717) is 6.54 Å². The molecule has 1 aliphatic carbocycles. The number of rotatable bonds is 3. The number of hydrogen-bond donors (Lipinski definition) is 2. The van der Waals surface area contributed by atoms with Crippen LogP contribution < -0.4 is 11.1 Å². The van der Waals surface area contributed by atoms with E-state index in [0.717, 1.165) is 25.3 Å². The highest BCUT2D eigenvalue weighted by Crippen LogP contribution is 2.35. The second-order valence-corrected chi connectivity index (χ2v) is 4.57. The lowest BCUT2D eigenvalue weighted by molar-refractivity contribution is -0.137. The van der Waals surface area contributed by atoms with Crippen molar-refractivity contribution in [2.24, 2.45) is 11.7 Å². The summed E-state index contributed by atoms with van der Waals surface area (Å²) in [7, 11) is 0. The van der Waals surface area contributed by atoms with Gasteiger partial charge in [0, 0.05) is 12.2 Å². The van der Waals surface area contributed by atoms with E-state index in [4.69, 9.17) is 5.73 Å². The smallest absolute Gasteiger partial charge is 0.367 e. The van der Waals surface area contributed by atoms with Crippen LogP contribution >= 0.6 is 0 Å². The summed E-state index contributed by atoms with van der Waals surface area (Å²) in [6.07, 6.45) is -0.219. The molecule has 1 heterocycles. The molecular weight excluding hydrogens is 243 g/mol. The predicted octanol–water partition coefficient (Wildman–Crippen LogP) is 2.64. The summed E-state index contributed by atoms with van der Waals surface area (Å²) in [6, 6.07) is 2.33. The van der Waals surface area contributed by atoms with Gasteiger partial charge in [0.15, 0.2) is 0 Å². The number of pyridine rings is 1. The third kappa shape index (κ3) is 2.75. The fourth-order valence-corrected chi connectivity index (χ4v) is 2.43. The minimum Gasteiger partial charge on any atom is -0.367 e. The Kier molecular flexibility index (Phi) is 3.75. The van der Waals surface area contributed by atoms with E-state index in [1.165, 1.54) is 12.3 Å². The van der Waals surface area contributed by atoms with Crippen molar-refractivity contribution in [2.45, 2.75) is 31.5 Å². The van der Waals surface area contributed by atoms with Gasteiger partial charge in [-0.15, -0.1) is 0 Å². The largest absolute Gasteiger partial charge is 0.419 e. The molecule has 18 heavy (non-hydrogen) atoms. The summed E-state index contributed by atoms with van der Waals surface area (Å²) >= 11 is 0. The molecule has 6 heteroatoms. The molecule has 3 N–H and O–H groups in total. The molecule has 0 saturated heterocycles. The van der Waals surface area contributed by atoms with Crippen LogP contribution in [0.2, 0.25) is 0 Å². The Morgan fingerprint density at radius 2 is 2.17 bits per heavy atom. The van der Waals surface area contributed by atoms with Crippen molar-refractivity contribution >= 4 is 5.82 Å². The molecule has 2 unspecified atom stereocenters. The van der Waals surface area contributed by atoms with Crippen molar-refractivity contribution in [3.63, 3.8) is 0 Å². The molecule has 0 spiro atoms. The van der Waals surface area contributed by atoms with E-state index in [9.17, 15) is 13.2 Å². The van der Waals surface area contributed by atoms with Crippen LogP contribution in [-0.2, 0) is 6.18 Å². The number of nitrogens with zero attached hydrogens (tertiary/aromatic N) is 1. The Morgan fingerprint density at radius 3 is 2.83 bits per heavy atom. The van der Waals surface area contributed by atoms with Gasteiger partial charge >= 0.3 is 6.18 Å². The van der Waals surface area contributed by atoms with Gasteiger partial charge in [0.1, 0.15) is 5.82 Å². The summed E-state index contributed by atoms with van der Waals surface area (Å²) in [5.74, 6) is 0.142. The molecule has 0 amide bonds. The topological polar surface area (TPSA) is 50.9 Å². The molecule has 2 atom stereocenters. The van der Waals surface area contributed by atoms with Crippen molar-refractivity contribution in [2.75, 3.05) is 11.9 Å². The molecule has 3 nitrogen and oxygen atoms in total. The third-order valence-electron chi connectivity index (χ3n) is 3.40. The van der Waals surface area contributed by atoms with Crippen molar-refractivity contribution in [1.82, 2.24) is 4.98 Å². The molecular formula is C12H16F3N3. The summed E-state index contributed by atoms with van der Waals surface area (Å²) in [5.41, 5.74) is 4.90. The Hall–Kier alpha value is -1.30. The molecule has 1 saturated carbocycles. The minimum atomic E-state index is -4.38. The van der Waals surface area contributed by atoms with Gasteiger partial charge in [-0.05, 0) is 37.4 Å². The molecule has 0 radical (unpaired) electrons. The van der Waals surface area contributed by atoms with Crippen LogP contribution in [0.15, 0.2) is 18.3 Å². The molecule has 100 valence electrons. The maximum Gasteiger partial charge on any atom is 0.419 e. The maximum absolute atomic E-state index is 12.8. The monoisotopic (exact) mass is 259 g/mol. The van der Waals surface area contributed by atoms with Gasteiger partial charge in [-0.25, -0.2) is 4.98 Å². The fourth-order valence-electron chi connectivity index (χ4n) is 2.43. The number of alkyl halides is 3. The quantitative estimate of drug-likeness (QED) is 0.877. The normalized spacial score (nSPS) is 24.2. The molecule has 1 aromatic heterocycles. The Balaban J connectivity index is 2.19. The zero-order valence-corrected chi connectivity index (χ0v) is 9.87. The summed E-state index contributed by atoms with van der Waals surface area (Å²) in [4.78, 5) is 3.81. The van der Waals surface area contributed by atoms with Gasteiger partial charge in [0.05, 0.1) is 5.56 Å². The summed E-state index contributed by atoms with van der Waals surface area (Å²) in [5, 5.41) is 2.91. The van der Waals surface area contributed by atoms with Crippen LogP contribution in [0.25, 0.3) is 0 Å². The zero-order chi connectivity index (χ0) is 13.2. The van der Waals surface area contributed by atoms with Crippen molar-refractivity contribution in [3.8, 4) is 0 Å². The van der Waals surface area contributed by atoms with Gasteiger partial charge in [-0.2, -0.15) is 13.2 Å². The third-order valence-corrected chi connectivity index (χ3v) is 3.40. The second kappa shape index (κ2) is 5.14. The lowest BCUT2D eigenvalue weighted by atomic mass is 10.0. The predicted molar refractivity (Wildman–Crippen MR) is 63.0 cm³/mol. The first-order valence-corrected chi connectivity index (χ1v) is 6.01. The molecule has 1 aromatic rings.